The van der Waals surface area contributed by atoms with Crippen LogP contribution in [0.5, 0.6) is 5.75 Å². The molecule has 0 bridgehead atoms. The molecule has 0 aliphatic carbocycles. The molecule has 0 atom stereocenters. The molecule has 1 amide bonds. The first-order chi connectivity index (χ1) is 8.13. The van der Waals surface area contributed by atoms with E-state index < -0.39 is 0 Å². The Bertz CT molecular complexity index is 393. The topological polar surface area (TPSA) is 29.5 Å². The van der Waals surface area contributed by atoms with Gasteiger partial charge < -0.3 is 9.64 Å². The van der Waals surface area contributed by atoms with E-state index >= 15 is 0 Å². The Morgan fingerprint density at radius 1 is 1.47 bits per heavy atom. The van der Waals surface area contributed by atoms with Gasteiger partial charge in [0.25, 0.3) is 5.91 Å². The molecule has 0 unspecified atom stereocenters. The second kappa shape index (κ2) is 6.64. The number of rotatable bonds is 5. The molecule has 0 aromatic heterocycles. The summed E-state index contributed by atoms with van der Waals surface area (Å²) in [5.41, 5.74) is 1.71. The fraction of sp³-hybridized carbons (Fsp3) is 0.462. The lowest BCUT2D eigenvalue weighted by Gasteiger charge is -2.20. The normalized spacial score (nSPS) is 10.1. The molecule has 0 spiro atoms. The summed E-state index contributed by atoms with van der Waals surface area (Å²) < 4.78 is 5.23. The van der Waals surface area contributed by atoms with E-state index in [2.05, 4.69) is 15.9 Å². The molecule has 0 heterocycles. The van der Waals surface area contributed by atoms with Crippen molar-refractivity contribution >= 4 is 21.8 Å². The molecule has 3 nitrogen and oxygen atoms in total. The largest absolute Gasteiger partial charge is 0.496 e. The number of carbonyl (C=O) groups is 1. The summed E-state index contributed by atoms with van der Waals surface area (Å²) in [4.78, 5) is 14.0. The van der Waals surface area contributed by atoms with Crippen LogP contribution in [0, 0.1) is 6.92 Å². The zero-order valence-corrected chi connectivity index (χ0v) is 12.1. The lowest BCUT2D eigenvalue weighted by atomic mass is 10.1. The van der Waals surface area contributed by atoms with E-state index in [-0.39, 0.29) is 5.91 Å². The summed E-state index contributed by atoms with van der Waals surface area (Å²) in [5.74, 6) is 0.802. The fourth-order valence-corrected chi connectivity index (χ4v) is 2.07. The summed E-state index contributed by atoms with van der Waals surface area (Å²) >= 11 is 3.35. The van der Waals surface area contributed by atoms with Crippen molar-refractivity contribution in [2.75, 3.05) is 25.5 Å². The van der Waals surface area contributed by atoms with Gasteiger partial charge in [-0.1, -0.05) is 22.0 Å². The first-order valence-electron chi connectivity index (χ1n) is 5.63. The molecule has 1 rings (SSSR count). The van der Waals surface area contributed by atoms with Crippen molar-refractivity contribution in [2.24, 2.45) is 0 Å². The lowest BCUT2D eigenvalue weighted by molar-refractivity contribution is 0.0774. The maximum absolute atomic E-state index is 12.2. The standard InChI is InChI=1S/C13H18BrNO2/c1-4-15(8-7-14)13(16)11-6-5-10(2)12(9-11)17-3/h5-6,9H,4,7-8H2,1-3H3. The number of carbonyl (C=O) groups excluding carboxylic acids is 1. The summed E-state index contributed by atoms with van der Waals surface area (Å²) in [7, 11) is 1.62. The van der Waals surface area contributed by atoms with E-state index in [1.165, 1.54) is 0 Å². The van der Waals surface area contributed by atoms with Crippen molar-refractivity contribution in [3.8, 4) is 5.75 Å². The summed E-state index contributed by atoms with van der Waals surface area (Å²) in [6, 6.07) is 5.56. The van der Waals surface area contributed by atoms with Crippen molar-refractivity contribution < 1.29 is 9.53 Å². The van der Waals surface area contributed by atoms with Gasteiger partial charge in [0.2, 0.25) is 0 Å². The van der Waals surface area contributed by atoms with Crippen LogP contribution >= 0.6 is 15.9 Å². The summed E-state index contributed by atoms with van der Waals surface area (Å²) in [6.45, 7) is 5.36. The molecule has 0 aliphatic rings. The van der Waals surface area contributed by atoms with E-state index in [1.807, 2.05) is 26.0 Å². The lowest BCUT2D eigenvalue weighted by Crippen LogP contribution is -2.32. The number of hydrogen-bond donors (Lipinski definition) is 0. The Balaban J connectivity index is 2.95. The maximum Gasteiger partial charge on any atom is 0.254 e. The van der Waals surface area contributed by atoms with Gasteiger partial charge in [-0.25, -0.2) is 0 Å². The molecule has 0 radical (unpaired) electrons. The fourth-order valence-electron chi connectivity index (χ4n) is 1.64. The number of benzene rings is 1. The first-order valence-corrected chi connectivity index (χ1v) is 6.76. The second-order valence-electron chi connectivity index (χ2n) is 3.76. The van der Waals surface area contributed by atoms with Crippen molar-refractivity contribution in [2.45, 2.75) is 13.8 Å². The second-order valence-corrected chi connectivity index (χ2v) is 4.55. The van der Waals surface area contributed by atoms with Crippen molar-refractivity contribution in [1.82, 2.24) is 4.90 Å². The van der Waals surface area contributed by atoms with Crippen LogP contribution in [0.3, 0.4) is 0 Å². The molecule has 1 aromatic rings. The van der Waals surface area contributed by atoms with Crippen LogP contribution < -0.4 is 4.74 Å². The predicted octanol–water partition coefficient (Wildman–Crippen LogP) is 2.86. The predicted molar refractivity (Wildman–Crippen MR) is 73.1 cm³/mol. The van der Waals surface area contributed by atoms with Gasteiger partial charge in [-0.15, -0.1) is 0 Å². The highest BCUT2D eigenvalue weighted by Gasteiger charge is 2.14. The van der Waals surface area contributed by atoms with Gasteiger partial charge in [0.1, 0.15) is 5.75 Å². The Morgan fingerprint density at radius 2 is 2.18 bits per heavy atom. The molecule has 17 heavy (non-hydrogen) atoms. The number of nitrogens with zero attached hydrogens (tertiary/aromatic N) is 1. The monoisotopic (exact) mass is 299 g/mol. The van der Waals surface area contributed by atoms with Crippen molar-refractivity contribution in [3.05, 3.63) is 29.3 Å². The number of halogens is 1. The molecule has 4 heteroatoms. The minimum absolute atomic E-state index is 0.0465. The summed E-state index contributed by atoms with van der Waals surface area (Å²) in [5, 5.41) is 0.787. The van der Waals surface area contributed by atoms with Gasteiger partial charge in [-0.05, 0) is 31.5 Å². The quantitative estimate of drug-likeness (QED) is 0.783. The summed E-state index contributed by atoms with van der Waals surface area (Å²) in [6.07, 6.45) is 0. The van der Waals surface area contributed by atoms with E-state index in [0.29, 0.717) is 18.7 Å². The number of amides is 1. The highest BCUT2D eigenvalue weighted by molar-refractivity contribution is 9.09. The van der Waals surface area contributed by atoms with Crippen molar-refractivity contribution in [1.29, 1.82) is 0 Å². The molecule has 94 valence electrons. The molecule has 0 aliphatic heterocycles. The van der Waals surface area contributed by atoms with Gasteiger partial charge in [0.15, 0.2) is 0 Å². The van der Waals surface area contributed by atoms with Crippen LogP contribution in [-0.2, 0) is 0 Å². The van der Waals surface area contributed by atoms with Crippen molar-refractivity contribution in [3.63, 3.8) is 0 Å². The van der Waals surface area contributed by atoms with Crippen LogP contribution in [0.15, 0.2) is 18.2 Å². The molecule has 0 N–H and O–H groups in total. The Hall–Kier alpha value is -1.03. The number of ether oxygens (including phenoxy) is 1. The zero-order valence-electron chi connectivity index (χ0n) is 10.5. The highest BCUT2D eigenvalue weighted by Crippen LogP contribution is 2.20. The minimum atomic E-state index is 0.0465. The van der Waals surface area contributed by atoms with Gasteiger partial charge in [-0.3, -0.25) is 4.79 Å². The smallest absolute Gasteiger partial charge is 0.254 e. The van der Waals surface area contributed by atoms with Gasteiger partial charge in [0, 0.05) is 24.0 Å². The molecule has 0 saturated carbocycles. The van der Waals surface area contributed by atoms with Crippen LogP contribution in [0.1, 0.15) is 22.8 Å². The molecule has 0 saturated heterocycles. The molecular weight excluding hydrogens is 282 g/mol. The Labute approximate surface area is 111 Å². The number of alkyl halides is 1. The third-order valence-electron chi connectivity index (χ3n) is 2.68. The van der Waals surface area contributed by atoms with Crippen LogP contribution in [-0.4, -0.2) is 36.3 Å². The molecule has 0 fully saturated rings. The van der Waals surface area contributed by atoms with Crippen LogP contribution in [0.2, 0.25) is 0 Å². The minimum Gasteiger partial charge on any atom is -0.496 e. The van der Waals surface area contributed by atoms with E-state index in [4.69, 9.17) is 4.74 Å². The van der Waals surface area contributed by atoms with E-state index in [0.717, 1.165) is 16.6 Å². The SMILES string of the molecule is CCN(CCBr)C(=O)c1ccc(C)c(OC)c1. The Morgan fingerprint density at radius 3 is 2.71 bits per heavy atom. The van der Waals surface area contributed by atoms with Crippen LogP contribution in [0.25, 0.3) is 0 Å². The maximum atomic E-state index is 12.2. The van der Waals surface area contributed by atoms with Crippen LogP contribution in [0.4, 0.5) is 0 Å². The molecule has 1 aromatic carbocycles. The Kier molecular flexibility index (Phi) is 5.48. The van der Waals surface area contributed by atoms with E-state index in [1.54, 1.807) is 18.1 Å². The average molecular weight is 300 g/mol. The average Bonchev–Trinajstić information content (AvgIpc) is 2.35. The molecular formula is C13H18BrNO2. The first kappa shape index (κ1) is 14.0. The van der Waals surface area contributed by atoms with E-state index in [9.17, 15) is 4.79 Å². The number of methoxy groups -OCH3 is 1. The van der Waals surface area contributed by atoms with Gasteiger partial charge >= 0.3 is 0 Å². The van der Waals surface area contributed by atoms with Gasteiger partial charge in [-0.2, -0.15) is 0 Å². The highest BCUT2D eigenvalue weighted by atomic mass is 79.9. The number of aryl methyl sites for hydroxylation is 1. The number of hydrogen-bond acceptors (Lipinski definition) is 2. The van der Waals surface area contributed by atoms with Gasteiger partial charge in [0.05, 0.1) is 7.11 Å². The zero-order chi connectivity index (χ0) is 12.8. The third-order valence-corrected chi connectivity index (χ3v) is 3.03. The third kappa shape index (κ3) is 3.46.